The summed E-state index contributed by atoms with van der Waals surface area (Å²) in [5.41, 5.74) is 1.92. The minimum Gasteiger partial charge on any atom is -0.395 e. The minimum atomic E-state index is -0.488. The van der Waals surface area contributed by atoms with Gasteiger partial charge in [0.2, 0.25) is 5.12 Å². The first kappa shape index (κ1) is 17.1. The lowest BCUT2D eigenvalue weighted by Crippen LogP contribution is -2.06. The second-order valence-corrected chi connectivity index (χ2v) is 6.36. The van der Waals surface area contributed by atoms with Crippen molar-refractivity contribution in [2.75, 3.05) is 6.61 Å². The van der Waals surface area contributed by atoms with E-state index in [2.05, 4.69) is 4.98 Å². The third kappa shape index (κ3) is 3.86. The SMILES string of the molecule is O=C(Cc1ccccc1)Sc1nc2cc([N+](=O)[O-])ccc2n1CCO. The van der Waals surface area contributed by atoms with E-state index in [1.807, 2.05) is 30.3 Å². The van der Waals surface area contributed by atoms with E-state index < -0.39 is 4.92 Å². The Bertz CT molecular complexity index is 924. The van der Waals surface area contributed by atoms with E-state index in [1.165, 1.54) is 12.1 Å². The van der Waals surface area contributed by atoms with Crippen LogP contribution in [-0.2, 0) is 17.8 Å². The quantitative estimate of drug-likeness (QED) is 0.414. The van der Waals surface area contributed by atoms with Gasteiger partial charge in [-0.2, -0.15) is 0 Å². The molecule has 0 aliphatic carbocycles. The van der Waals surface area contributed by atoms with Crippen LogP contribution < -0.4 is 0 Å². The molecule has 7 nitrogen and oxygen atoms in total. The molecule has 0 fully saturated rings. The number of benzene rings is 2. The Hall–Kier alpha value is -2.71. The largest absolute Gasteiger partial charge is 0.395 e. The van der Waals surface area contributed by atoms with Gasteiger partial charge in [0, 0.05) is 25.1 Å². The molecule has 0 radical (unpaired) electrons. The third-order valence-corrected chi connectivity index (χ3v) is 4.49. The van der Waals surface area contributed by atoms with Crippen LogP contribution in [0.3, 0.4) is 0 Å². The number of thioether (sulfide) groups is 1. The number of imidazole rings is 1. The number of fused-ring (bicyclic) bond motifs is 1. The number of aliphatic hydroxyl groups excluding tert-OH is 1. The van der Waals surface area contributed by atoms with E-state index in [9.17, 15) is 20.0 Å². The van der Waals surface area contributed by atoms with Crippen LogP contribution in [0.4, 0.5) is 5.69 Å². The van der Waals surface area contributed by atoms with Gasteiger partial charge in [-0.1, -0.05) is 30.3 Å². The molecule has 0 saturated carbocycles. The van der Waals surface area contributed by atoms with E-state index in [0.29, 0.717) is 16.2 Å². The summed E-state index contributed by atoms with van der Waals surface area (Å²) in [6.07, 6.45) is 0.258. The highest BCUT2D eigenvalue weighted by Gasteiger charge is 2.17. The van der Waals surface area contributed by atoms with Gasteiger partial charge in [0.1, 0.15) is 0 Å². The molecule has 1 heterocycles. The van der Waals surface area contributed by atoms with Gasteiger partial charge < -0.3 is 9.67 Å². The van der Waals surface area contributed by atoms with Crippen molar-refractivity contribution >= 4 is 33.6 Å². The van der Waals surface area contributed by atoms with Crippen LogP contribution in [0.1, 0.15) is 5.56 Å². The summed E-state index contributed by atoms with van der Waals surface area (Å²) in [6, 6.07) is 13.7. The third-order valence-electron chi connectivity index (χ3n) is 3.63. The van der Waals surface area contributed by atoms with Crippen LogP contribution >= 0.6 is 11.8 Å². The van der Waals surface area contributed by atoms with Crippen LogP contribution in [-0.4, -0.2) is 31.3 Å². The molecule has 0 atom stereocenters. The number of aliphatic hydroxyl groups is 1. The maximum absolute atomic E-state index is 12.3. The van der Waals surface area contributed by atoms with Gasteiger partial charge in [-0.25, -0.2) is 4.98 Å². The van der Waals surface area contributed by atoms with Gasteiger partial charge in [-0.3, -0.25) is 14.9 Å². The fourth-order valence-electron chi connectivity index (χ4n) is 2.50. The Morgan fingerprint density at radius 2 is 2.00 bits per heavy atom. The molecule has 0 saturated heterocycles. The molecule has 128 valence electrons. The number of carbonyl (C=O) groups excluding carboxylic acids is 1. The van der Waals surface area contributed by atoms with Crippen molar-refractivity contribution in [2.24, 2.45) is 0 Å². The predicted molar refractivity (Wildman–Crippen MR) is 94.5 cm³/mol. The molecule has 0 aliphatic rings. The smallest absolute Gasteiger partial charge is 0.271 e. The number of rotatable bonds is 6. The Kier molecular flexibility index (Phi) is 5.11. The lowest BCUT2D eigenvalue weighted by Gasteiger charge is -2.06. The van der Waals surface area contributed by atoms with E-state index in [0.717, 1.165) is 17.3 Å². The summed E-state index contributed by atoms with van der Waals surface area (Å²) in [5.74, 6) is 0. The first-order valence-corrected chi connectivity index (χ1v) is 8.40. The number of non-ortho nitro benzene ring substituents is 1. The second-order valence-electron chi connectivity index (χ2n) is 5.34. The molecule has 0 amide bonds. The number of aromatic nitrogens is 2. The molecule has 1 N–H and O–H groups in total. The van der Waals surface area contributed by atoms with Crippen LogP contribution in [0.5, 0.6) is 0 Å². The summed E-state index contributed by atoms with van der Waals surface area (Å²) < 4.78 is 1.70. The Morgan fingerprint density at radius 3 is 2.68 bits per heavy atom. The summed E-state index contributed by atoms with van der Waals surface area (Å²) >= 11 is 0.977. The summed E-state index contributed by atoms with van der Waals surface area (Å²) in [6.45, 7) is 0.137. The standard InChI is InChI=1S/C17H15N3O4S/c21-9-8-19-15-7-6-13(20(23)24)11-14(15)18-17(19)25-16(22)10-12-4-2-1-3-5-12/h1-7,11,21H,8-10H2. The highest BCUT2D eigenvalue weighted by Crippen LogP contribution is 2.28. The average molecular weight is 357 g/mol. The zero-order chi connectivity index (χ0) is 17.8. The van der Waals surface area contributed by atoms with E-state index in [4.69, 9.17) is 0 Å². The van der Waals surface area contributed by atoms with Crippen LogP contribution in [0.15, 0.2) is 53.7 Å². The number of hydrogen-bond donors (Lipinski definition) is 1. The van der Waals surface area contributed by atoms with Crippen LogP contribution in [0, 0.1) is 10.1 Å². The van der Waals surface area contributed by atoms with Crippen molar-refractivity contribution in [1.29, 1.82) is 0 Å². The number of carbonyl (C=O) groups is 1. The maximum atomic E-state index is 12.3. The average Bonchev–Trinajstić information content (AvgIpc) is 2.92. The molecule has 8 heteroatoms. The molecule has 2 aromatic carbocycles. The van der Waals surface area contributed by atoms with Gasteiger partial charge in [0.25, 0.3) is 5.69 Å². The summed E-state index contributed by atoms with van der Waals surface area (Å²) in [5, 5.41) is 20.5. The van der Waals surface area contributed by atoms with Crippen molar-refractivity contribution in [3.8, 4) is 0 Å². The van der Waals surface area contributed by atoms with E-state index in [1.54, 1.807) is 10.6 Å². The summed E-state index contributed by atoms with van der Waals surface area (Å²) in [4.78, 5) is 27.1. The molecule has 0 unspecified atom stereocenters. The van der Waals surface area contributed by atoms with Gasteiger partial charge in [-0.05, 0) is 23.4 Å². The van der Waals surface area contributed by atoms with Gasteiger partial charge in [-0.15, -0.1) is 0 Å². The first-order chi connectivity index (χ1) is 12.1. The highest BCUT2D eigenvalue weighted by atomic mass is 32.2. The monoisotopic (exact) mass is 357 g/mol. The molecular weight excluding hydrogens is 342 g/mol. The highest BCUT2D eigenvalue weighted by molar-refractivity contribution is 8.13. The fraction of sp³-hybridized carbons (Fsp3) is 0.176. The second kappa shape index (κ2) is 7.45. The molecule has 0 spiro atoms. The number of nitro groups is 1. The Balaban J connectivity index is 1.90. The Morgan fingerprint density at radius 1 is 1.24 bits per heavy atom. The van der Waals surface area contributed by atoms with Gasteiger partial charge in [0.05, 0.1) is 22.6 Å². The maximum Gasteiger partial charge on any atom is 0.271 e. The van der Waals surface area contributed by atoms with Crippen LogP contribution in [0.25, 0.3) is 11.0 Å². The zero-order valence-electron chi connectivity index (χ0n) is 13.2. The molecular formula is C17H15N3O4S. The molecule has 3 rings (SSSR count). The zero-order valence-corrected chi connectivity index (χ0v) is 14.0. The first-order valence-electron chi connectivity index (χ1n) is 7.58. The molecule has 0 bridgehead atoms. The molecule has 0 aliphatic heterocycles. The summed E-state index contributed by atoms with van der Waals surface area (Å²) in [7, 11) is 0. The lowest BCUT2D eigenvalue weighted by molar-refractivity contribution is -0.384. The normalized spacial score (nSPS) is 10.9. The predicted octanol–water partition coefficient (Wildman–Crippen LogP) is 2.80. The minimum absolute atomic E-state index is 0.0617. The van der Waals surface area contributed by atoms with Crippen molar-refractivity contribution in [2.45, 2.75) is 18.1 Å². The molecule has 1 aromatic heterocycles. The van der Waals surface area contributed by atoms with Crippen molar-refractivity contribution in [1.82, 2.24) is 9.55 Å². The number of hydrogen-bond acceptors (Lipinski definition) is 6. The van der Waals surface area contributed by atoms with Crippen LogP contribution in [0.2, 0.25) is 0 Å². The van der Waals surface area contributed by atoms with Crippen molar-refractivity contribution in [3.63, 3.8) is 0 Å². The van der Waals surface area contributed by atoms with E-state index in [-0.39, 0.29) is 30.4 Å². The fourth-order valence-corrected chi connectivity index (χ4v) is 3.39. The van der Waals surface area contributed by atoms with Crippen molar-refractivity contribution < 1.29 is 14.8 Å². The topological polar surface area (TPSA) is 98.3 Å². The molecule has 3 aromatic rings. The molecule has 25 heavy (non-hydrogen) atoms. The van der Waals surface area contributed by atoms with E-state index >= 15 is 0 Å². The lowest BCUT2D eigenvalue weighted by atomic mass is 10.2. The number of nitro benzene ring substituents is 1. The Labute approximate surface area is 147 Å². The van der Waals surface area contributed by atoms with Gasteiger partial charge >= 0.3 is 0 Å². The van der Waals surface area contributed by atoms with Gasteiger partial charge in [0.15, 0.2) is 5.16 Å². The van der Waals surface area contributed by atoms with Crippen molar-refractivity contribution in [3.05, 3.63) is 64.2 Å². The number of nitrogens with zero attached hydrogens (tertiary/aromatic N) is 3.